The maximum absolute atomic E-state index is 14.8. The van der Waals surface area contributed by atoms with Gasteiger partial charge in [0.25, 0.3) is 0 Å². The summed E-state index contributed by atoms with van der Waals surface area (Å²) in [7, 11) is 1.56. The Balaban J connectivity index is 1.52. The standard InChI is InChI=1S/C34H24BrClN2O4/c1-42-27-15-12-21(18-25(27)35)31(40)29-28(30(39)20-10-13-22(36)14-11-20)34(24-8-4-5-9-26(24)37-33(34)41)32-23-7-3-2-6-19(23)16-17-38(29)32/h2-18,28-29,32H,1H3,(H,37,41). The van der Waals surface area contributed by atoms with Crippen molar-refractivity contribution in [3.05, 3.63) is 135 Å². The summed E-state index contributed by atoms with van der Waals surface area (Å²) in [6, 6.07) is 25.4. The number of methoxy groups -OCH3 is 1. The van der Waals surface area contributed by atoms with Crippen molar-refractivity contribution in [2.75, 3.05) is 12.4 Å². The highest BCUT2D eigenvalue weighted by Crippen LogP contribution is 2.62. The number of nitrogens with zero attached hydrogens (tertiary/aromatic N) is 1. The van der Waals surface area contributed by atoms with Crippen LogP contribution in [-0.2, 0) is 10.2 Å². The molecule has 1 amide bonds. The summed E-state index contributed by atoms with van der Waals surface area (Å²) < 4.78 is 6.00. The largest absolute Gasteiger partial charge is 0.496 e. The Bertz CT molecular complexity index is 1820. The van der Waals surface area contributed by atoms with Crippen LogP contribution in [0.25, 0.3) is 6.08 Å². The van der Waals surface area contributed by atoms with Gasteiger partial charge in [-0.2, -0.15) is 0 Å². The minimum Gasteiger partial charge on any atom is -0.496 e. The zero-order valence-corrected chi connectivity index (χ0v) is 24.7. The summed E-state index contributed by atoms with van der Waals surface area (Å²) in [5.74, 6) is -1.35. The van der Waals surface area contributed by atoms with Gasteiger partial charge in [0.2, 0.25) is 5.91 Å². The molecule has 0 radical (unpaired) electrons. The first-order valence-electron chi connectivity index (χ1n) is 13.5. The highest BCUT2D eigenvalue weighted by Gasteiger charge is 2.70. The number of rotatable bonds is 5. The molecule has 0 saturated carbocycles. The van der Waals surface area contributed by atoms with Crippen molar-refractivity contribution in [1.29, 1.82) is 0 Å². The molecule has 7 rings (SSSR count). The molecular weight excluding hydrogens is 616 g/mol. The van der Waals surface area contributed by atoms with Gasteiger partial charge in [0, 0.05) is 28.0 Å². The Morgan fingerprint density at radius 3 is 2.40 bits per heavy atom. The third-order valence-electron chi connectivity index (χ3n) is 8.69. The van der Waals surface area contributed by atoms with E-state index in [1.165, 1.54) is 0 Å². The predicted molar refractivity (Wildman–Crippen MR) is 165 cm³/mol. The topological polar surface area (TPSA) is 75.7 Å². The molecule has 6 nitrogen and oxygen atoms in total. The lowest BCUT2D eigenvalue weighted by Crippen LogP contribution is -2.49. The second-order valence-electron chi connectivity index (χ2n) is 10.7. The molecule has 3 aliphatic rings. The average molecular weight is 640 g/mol. The summed E-state index contributed by atoms with van der Waals surface area (Å²) in [6.07, 6.45) is 3.80. The van der Waals surface area contributed by atoms with Gasteiger partial charge in [-0.1, -0.05) is 54.1 Å². The van der Waals surface area contributed by atoms with Gasteiger partial charge in [-0.05, 0) is 87.2 Å². The number of anilines is 1. The van der Waals surface area contributed by atoms with Crippen LogP contribution in [0.3, 0.4) is 0 Å². The molecule has 208 valence electrons. The lowest BCUT2D eigenvalue weighted by atomic mass is 9.62. The van der Waals surface area contributed by atoms with Crippen molar-refractivity contribution >= 4 is 56.8 Å². The fourth-order valence-corrected chi connectivity index (χ4v) is 7.62. The van der Waals surface area contributed by atoms with E-state index in [-0.39, 0.29) is 17.5 Å². The fourth-order valence-electron chi connectivity index (χ4n) is 6.95. The van der Waals surface area contributed by atoms with Crippen LogP contribution in [0.15, 0.2) is 102 Å². The first kappa shape index (κ1) is 26.7. The van der Waals surface area contributed by atoms with Crippen LogP contribution < -0.4 is 10.1 Å². The Kier molecular flexibility index (Phi) is 6.33. The van der Waals surface area contributed by atoms with Crippen LogP contribution >= 0.6 is 27.5 Å². The number of para-hydroxylation sites is 1. The maximum atomic E-state index is 14.8. The molecule has 0 aromatic heterocycles. The van der Waals surface area contributed by atoms with Gasteiger partial charge in [0.05, 0.1) is 23.5 Å². The second kappa shape index (κ2) is 9.96. The van der Waals surface area contributed by atoms with E-state index in [4.69, 9.17) is 16.3 Å². The van der Waals surface area contributed by atoms with Crippen molar-refractivity contribution in [2.24, 2.45) is 5.92 Å². The van der Waals surface area contributed by atoms with E-state index in [1.807, 2.05) is 65.7 Å². The number of nitrogens with one attached hydrogen (secondary N) is 1. The number of halogens is 2. The van der Waals surface area contributed by atoms with Crippen molar-refractivity contribution in [1.82, 2.24) is 4.90 Å². The van der Waals surface area contributed by atoms with Crippen molar-refractivity contribution < 1.29 is 19.1 Å². The molecule has 1 fully saturated rings. The van der Waals surface area contributed by atoms with Crippen molar-refractivity contribution in [3.63, 3.8) is 0 Å². The van der Waals surface area contributed by atoms with Gasteiger partial charge in [-0.15, -0.1) is 0 Å². The molecule has 4 aromatic carbocycles. The van der Waals surface area contributed by atoms with Gasteiger partial charge < -0.3 is 15.0 Å². The number of hydrogen-bond acceptors (Lipinski definition) is 5. The van der Waals surface area contributed by atoms with E-state index >= 15 is 0 Å². The Hall–Kier alpha value is -4.20. The van der Waals surface area contributed by atoms with E-state index in [0.717, 1.165) is 11.1 Å². The van der Waals surface area contributed by atoms with Crippen molar-refractivity contribution in [3.8, 4) is 5.75 Å². The molecule has 1 spiro atoms. The molecule has 4 unspecified atom stereocenters. The van der Waals surface area contributed by atoms with Crippen LogP contribution in [0.4, 0.5) is 5.69 Å². The molecule has 42 heavy (non-hydrogen) atoms. The molecule has 0 bridgehead atoms. The van der Waals surface area contributed by atoms with E-state index in [9.17, 15) is 14.4 Å². The monoisotopic (exact) mass is 638 g/mol. The number of Topliss-reactive ketones (excluding diaryl/α,β-unsaturated/α-hetero) is 2. The first-order chi connectivity index (χ1) is 20.4. The van der Waals surface area contributed by atoms with Crippen LogP contribution in [0.1, 0.15) is 43.4 Å². The van der Waals surface area contributed by atoms with Gasteiger partial charge >= 0.3 is 0 Å². The first-order valence-corrected chi connectivity index (χ1v) is 14.7. The Morgan fingerprint density at radius 2 is 1.64 bits per heavy atom. The summed E-state index contributed by atoms with van der Waals surface area (Å²) >= 11 is 9.68. The van der Waals surface area contributed by atoms with Crippen molar-refractivity contribution in [2.45, 2.75) is 17.5 Å². The van der Waals surface area contributed by atoms with Gasteiger partial charge in [-0.25, -0.2) is 0 Å². The fraction of sp³-hybridized carbons (Fsp3) is 0.147. The average Bonchev–Trinajstić information content (AvgIpc) is 3.49. The molecule has 1 N–H and O–H groups in total. The molecule has 3 heterocycles. The molecular formula is C34H24BrClN2O4. The number of carbonyl (C=O) groups is 3. The highest BCUT2D eigenvalue weighted by molar-refractivity contribution is 9.10. The molecule has 4 aromatic rings. The van der Waals surface area contributed by atoms with Gasteiger partial charge in [0.1, 0.15) is 17.2 Å². The third-order valence-corrected chi connectivity index (χ3v) is 9.56. The minimum atomic E-state index is -1.39. The highest BCUT2D eigenvalue weighted by atomic mass is 79.9. The smallest absolute Gasteiger partial charge is 0.238 e. The van der Waals surface area contributed by atoms with Crippen LogP contribution in [0.5, 0.6) is 5.75 Å². The van der Waals surface area contributed by atoms with E-state index in [0.29, 0.717) is 37.6 Å². The number of hydrogen-bond donors (Lipinski definition) is 1. The lowest BCUT2D eigenvalue weighted by molar-refractivity contribution is -0.122. The van der Waals surface area contributed by atoms with Gasteiger partial charge in [0.15, 0.2) is 11.6 Å². The normalized spacial score (nSPS) is 23.3. The predicted octanol–water partition coefficient (Wildman–Crippen LogP) is 7.09. The molecule has 3 aliphatic heterocycles. The van der Waals surface area contributed by atoms with Crippen LogP contribution in [0.2, 0.25) is 5.02 Å². The zero-order chi connectivity index (χ0) is 29.2. The quantitative estimate of drug-likeness (QED) is 0.236. The summed E-state index contributed by atoms with van der Waals surface area (Å²) in [5.41, 5.74) is 2.55. The second-order valence-corrected chi connectivity index (χ2v) is 12.0. The number of benzene rings is 4. The third kappa shape index (κ3) is 3.73. The Morgan fingerprint density at radius 1 is 0.929 bits per heavy atom. The van der Waals surface area contributed by atoms with Crippen LogP contribution in [0, 0.1) is 5.92 Å². The lowest BCUT2D eigenvalue weighted by Gasteiger charge is -2.38. The van der Waals surface area contributed by atoms with E-state index < -0.39 is 23.4 Å². The SMILES string of the molecule is COc1ccc(C(=O)C2C(C(=O)c3ccc(Cl)cc3)C3(C(=O)Nc4ccccc43)C3c4ccccc4C=CN23)cc1Br. The maximum Gasteiger partial charge on any atom is 0.238 e. The number of carbonyl (C=O) groups excluding carboxylic acids is 3. The molecule has 0 aliphatic carbocycles. The van der Waals surface area contributed by atoms with Gasteiger partial charge in [-0.3, -0.25) is 14.4 Å². The summed E-state index contributed by atoms with van der Waals surface area (Å²) in [5, 5.41) is 3.55. The number of ketones is 2. The number of ether oxygens (including phenoxy) is 1. The number of amides is 1. The van der Waals surface area contributed by atoms with E-state index in [1.54, 1.807) is 49.6 Å². The summed E-state index contributed by atoms with van der Waals surface area (Å²) in [4.78, 5) is 45.9. The minimum absolute atomic E-state index is 0.270. The molecule has 8 heteroatoms. The summed E-state index contributed by atoms with van der Waals surface area (Å²) in [6.45, 7) is 0. The number of fused-ring (bicyclic) bond motifs is 6. The van der Waals surface area contributed by atoms with E-state index in [2.05, 4.69) is 21.2 Å². The zero-order valence-electron chi connectivity index (χ0n) is 22.4. The Labute approximate surface area is 256 Å². The molecule has 4 atom stereocenters. The van der Waals surface area contributed by atoms with Crippen LogP contribution in [-0.4, -0.2) is 35.5 Å². The molecule has 1 saturated heterocycles.